The second kappa shape index (κ2) is 9.45. The lowest BCUT2D eigenvalue weighted by molar-refractivity contribution is 0.146. The maximum Gasteiger partial charge on any atom is 0.0949 e. The minimum atomic E-state index is -0.586. The Balaban J connectivity index is 2.03. The normalized spacial score (nSPS) is 23.9. The number of rotatable bonds is 4. The van der Waals surface area contributed by atoms with Crippen molar-refractivity contribution in [3.05, 3.63) is 81.9 Å². The molecule has 0 bridgehead atoms. The Morgan fingerprint density at radius 3 is 2.74 bits per heavy atom. The lowest BCUT2D eigenvalue weighted by Crippen LogP contribution is -2.44. The smallest absolute Gasteiger partial charge is 0.0949 e. The van der Waals surface area contributed by atoms with Crippen molar-refractivity contribution in [2.24, 2.45) is 4.99 Å². The van der Waals surface area contributed by atoms with Crippen LogP contribution in [0.5, 0.6) is 0 Å². The molecule has 2 heterocycles. The van der Waals surface area contributed by atoms with Crippen LogP contribution in [0.1, 0.15) is 31.7 Å². The largest absolute Gasteiger partial charge is 0.387 e. The Morgan fingerprint density at radius 2 is 2.07 bits per heavy atom. The van der Waals surface area contributed by atoms with Crippen LogP contribution in [0.4, 0.5) is 0 Å². The van der Waals surface area contributed by atoms with Crippen molar-refractivity contribution in [1.29, 1.82) is 0 Å². The van der Waals surface area contributed by atoms with Gasteiger partial charge in [0.25, 0.3) is 0 Å². The molecule has 2 aliphatic rings. The molecule has 0 aromatic heterocycles. The molecule has 0 radical (unpaired) electrons. The molecule has 2 unspecified atom stereocenters. The van der Waals surface area contributed by atoms with Crippen LogP contribution in [0.2, 0.25) is 0 Å². The third kappa shape index (κ3) is 4.95. The Hall–Kier alpha value is -1.75. The monoisotopic (exact) mass is 426 g/mol. The highest BCUT2D eigenvalue weighted by atomic mass is 79.9. The first kappa shape index (κ1) is 20.0. The summed E-state index contributed by atoms with van der Waals surface area (Å²) in [4.78, 5) is 4.77. The first-order chi connectivity index (χ1) is 13.1. The second-order valence-electron chi connectivity index (χ2n) is 7.02. The Morgan fingerprint density at radius 1 is 1.30 bits per heavy atom. The molecular formula is C23H27BrN2O. The number of nitrogens with zero attached hydrogens (tertiary/aromatic N) is 1. The van der Waals surface area contributed by atoms with Crippen LogP contribution in [-0.4, -0.2) is 36.1 Å². The molecule has 142 valence electrons. The summed E-state index contributed by atoms with van der Waals surface area (Å²) in [6.45, 7) is 7.71. The predicted octanol–water partition coefficient (Wildman–Crippen LogP) is 4.74. The summed E-state index contributed by atoms with van der Waals surface area (Å²) in [5.41, 5.74) is 4.75. The number of piperidine rings is 1. The third-order valence-electron chi connectivity index (χ3n) is 5.07. The number of benzene rings is 1. The van der Waals surface area contributed by atoms with Crippen molar-refractivity contribution in [2.45, 2.75) is 38.3 Å². The summed E-state index contributed by atoms with van der Waals surface area (Å²) in [6.07, 6.45) is 10.8. The van der Waals surface area contributed by atoms with Gasteiger partial charge < -0.3 is 10.4 Å². The summed E-state index contributed by atoms with van der Waals surface area (Å²) < 4.78 is 1.04. The molecule has 2 atom stereocenters. The number of halogens is 1. The first-order valence-corrected chi connectivity index (χ1v) is 10.3. The fourth-order valence-electron chi connectivity index (χ4n) is 3.55. The van der Waals surface area contributed by atoms with Gasteiger partial charge in [-0.3, -0.25) is 4.99 Å². The van der Waals surface area contributed by atoms with Crippen LogP contribution in [-0.2, 0) is 0 Å². The highest BCUT2D eigenvalue weighted by Gasteiger charge is 2.28. The summed E-state index contributed by atoms with van der Waals surface area (Å²) in [5, 5.41) is 14.7. The van der Waals surface area contributed by atoms with Crippen LogP contribution < -0.4 is 5.32 Å². The van der Waals surface area contributed by atoms with Crippen molar-refractivity contribution < 1.29 is 5.11 Å². The van der Waals surface area contributed by atoms with E-state index in [1.54, 1.807) is 0 Å². The van der Waals surface area contributed by atoms with E-state index in [0.29, 0.717) is 6.54 Å². The SMILES string of the molecule is C=C1CN=C(c2ccc(Br)cc2)C=C(C(O)C2CCCCN2)/C1=C/C=C\C. The van der Waals surface area contributed by atoms with Crippen LogP contribution in [0, 0.1) is 0 Å². The molecule has 3 rings (SSSR count). The van der Waals surface area contributed by atoms with E-state index in [9.17, 15) is 5.11 Å². The van der Waals surface area contributed by atoms with Crippen LogP contribution >= 0.6 is 15.9 Å². The second-order valence-corrected chi connectivity index (χ2v) is 7.93. The fraction of sp³-hybridized carbons (Fsp3) is 0.348. The summed E-state index contributed by atoms with van der Waals surface area (Å²) in [7, 11) is 0. The summed E-state index contributed by atoms with van der Waals surface area (Å²) in [6, 6.07) is 8.19. The van der Waals surface area contributed by atoms with Gasteiger partial charge in [-0.15, -0.1) is 0 Å². The number of hydrogen-bond acceptors (Lipinski definition) is 3. The number of nitrogens with one attached hydrogen (secondary N) is 1. The number of aliphatic hydroxyl groups excluding tert-OH is 1. The van der Waals surface area contributed by atoms with Gasteiger partial charge in [0.2, 0.25) is 0 Å². The molecule has 1 saturated heterocycles. The molecule has 2 aliphatic heterocycles. The van der Waals surface area contributed by atoms with Gasteiger partial charge in [-0.1, -0.05) is 59.3 Å². The molecule has 0 aliphatic carbocycles. The molecule has 27 heavy (non-hydrogen) atoms. The fourth-order valence-corrected chi connectivity index (χ4v) is 3.82. The zero-order valence-electron chi connectivity index (χ0n) is 15.8. The van der Waals surface area contributed by atoms with Crippen LogP contribution in [0.3, 0.4) is 0 Å². The molecule has 4 heteroatoms. The highest BCUT2D eigenvalue weighted by molar-refractivity contribution is 9.10. The summed E-state index contributed by atoms with van der Waals surface area (Å²) in [5.74, 6) is 0. The van der Waals surface area contributed by atoms with E-state index >= 15 is 0 Å². The summed E-state index contributed by atoms with van der Waals surface area (Å²) >= 11 is 3.49. The molecule has 0 amide bonds. The van der Waals surface area contributed by atoms with Crippen molar-refractivity contribution in [3.63, 3.8) is 0 Å². The van der Waals surface area contributed by atoms with E-state index in [2.05, 4.69) is 27.8 Å². The minimum absolute atomic E-state index is 0.0658. The average molecular weight is 427 g/mol. The number of aliphatic hydroxyl groups is 1. The van der Waals surface area contributed by atoms with Crippen molar-refractivity contribution >= 4 is 21.6 Å². The third-order valence-corrected chi connectivity index (χ3v) is 5.60. The van der Waals surface area contributed by atoms with Gasteiger partial charge in [0.05, 0.1) is 18.4 Å². The van der Waals surface area contributed by atoms with Crippen molar-refractivity contribution in [3.8, 4) is 0 Å². The van der Waals surface area contributed by atoms with Gasteiger partial charge in [0.15, 0.2) is 0 Å². The quantitative estimate of drug-likeness (QED) is 0.729. The van der Waals surface area contributed by atoms with Gasteiger partial charge in [-0.05, 0) is 66.8 Å². The van der Waals surface area contributed by atoms with E-state index in [4.69, 9.17) is 4.99 Å². The van der Waals surface area contributed by atoms with Crippen molar-refractivity contribution in [2.75, 3.05) is 13.1 Å². The van der Waals surface area contributed by atoms with Crippen molar-refractivity contribution in [1.82, 2.24) is 5.32 Å². The van der Waals surface area contributed by atoms with E-state index in [1.807, 2.05) is 55.5 Å². The first-order valence-electron chi connectivity index (χ1n) is 9.55. The van der Waals surface area contributed by atoms with Gasteiger partial charge in [0, 0.05) is 10.5 Å². The van der Waals surface area contributed by atoms with E-state index < -0.39 is 6.10 Å². The molecular weight excluding hydrogens is 400 g/mol. The molecule has 0 saturated carbocycles. The van der Waals surface area contributed by atoms with E-state index in [-0.39, 0.29) is 6.04 Å². The van der Waals surface area contributed by atoms with Gasteiger partial charge in [-0.25, -0.2) is 0 Å². The average Bonchev–Trinajstić information content (AvgIpc) is 2.86. The maximum atomic E-state index is 11.2. The van der Waals surface area contributed by atoms with Crippen LogP contribution in [0.15, 0.2) is 81.3 Å². The predicted molar refractivity (Wildman–Crippen MR) is 117 cm³/mol. The maximum absolute atomic E-state index is 11.2. The number of hydrogen-bond donors (Lipinski definition) is 2. The topological polar surface area (TPSA) is 44.6 Å². The molecule has 2 N–H and O–H groups in total. The lowest BCUT2D eigenvalue weighted by Gasteiger charge is -2.30. The minimum Gasteiger partial charge on any atom is -0.387 e. The molecule has 1 fully saturated rings. The molecule has 1 aromatic carbocycles. The lowest BCUT2D eigenvalue weighted by atomic mass is 9.87. The standard InChI is InChI=1S/C23H27BrN2O/c1-3-4-7-19-16(2)15-26-22(17-9-11-18(24)12-10-17)14-20(19)23(27)21-8-5-6-13-25-21/h3-4,7,9-12,14,21,23,25,27H,2,5-6,8,13,15H2,1H3/b4-3-,19-7+. The van der Waals surface area contributed by atoms with Gasteiger partial charge in [-0.2, -0.15) is 0 Å². The van der Waals surface area contributed by atoms with Gasteiger partial charge >= 0.3 is 0 Å². The highest BCUT2D eigenvalue weighted by Crippen LogP contribution is 2.29. The Bertz CT molecular complexity index is 796. The number of aliphatic imine (C=N–C) groups is 1. The Labute approximate surface area is 170 Å². The zero-order valence-corrected chi connectivity index (χ0v) is 17.4. The van der Waals surface area contributed by atoms with Gasteiger partial charge in [0.1, 0.15) is 0 Å². The molecule has 3 nitrogen and oxygen atoms in total. The Kier molecular flexibility index (Phi) is 7.00. The molecule has 1 aromatic rings. The van der Waals surface area contributed by atoms with E-state index in [1.165, 1.54) is 6.42 Å². The van der Waals surface area contributed by atoms with Crippen LogP contribution in [0.25, 0.3) is 0 Å². The molecule has 0 spiro atoms. The number of allylic oxidation sites excluding steroid dienone is 4. The van der Waals surface area contributed by atoms with E-state index in [0.717, 1.165) is 51.9 Å². The zero-order chi connectivity index (χ0) is 19.2.